The molecule has 1 aliphatic rings. The average Bonchev–Trinajstić information content (AvgIpc) is 3.11. The molecule has 0 unspecified atom stereocenters. The first-order valence-electron chi connectivity index (χ1n) is 13.9. The van der Waals surface area contributed by atoms with Crippen molar-refractivity contribution in [2.24, 2.45) is 0 Å². The van der Waals surface area contributed by atoms with Gasteiger partial charge >= 0.3 is 0 Å². The van der Waals surface area contributed by atoms with Crippen LogP contribution in [0.3, 0.4) is 0 Å². The van der Waals surface area contributed by atoms with E-state index in [9.17, 15) is 9.59 Å². The number of nitrogens with zero attached hydrogens (tertiary/aromatic N) is 1. The van der Waals surface area contributed by atoms with Crippen molar-refractivity contribution in [2.45, 2.75) is 141 Å². The number of amides is 2. The van der Waals surface area contributed by atoms with Gasteiger partial charge < -0.3 is 0 Å². The van der Waals surface area contributed by atoms with Crippen LogP contribution in [0.15, 0.2) is 12.2 Å². The van der Waals surface area contributed by atoms with Crippen molar-refractivity contribution in [3.63, 3.8) is 0 Å². The third-order valence-corrected chi connectivity index (χ3v) is 6.97. The van der Waals surface area contributed by atoms with Crippen LogP contribution in [0.5, 0.6) is 0 Å². The third kappa shape index (κ3) is 16.8. The Morgan fingerprint density at radius 1 is 0.438 bits per heavy atom. The van der Waals surface area contributed by atoms with Crippen LogP contribution in [0, 0.1) is 0 Å². The highest BCUT2D eigenvalue weighted by atomic mass is 32.1. The van der Waals surface area contributed by atoms with Crippen LogP contribution in [0.1, 0.15) is 141 Å². The van der Waals surface area contributed by atoms with Crippen molar-refractivity contribution in [3.05, 3.63) is 12.2 Å². The number of imide groups is 1. The molecule has 0 saturated carbocycles. The van der Waals surface area contributed by atoms with E-state index in [0.717, 1.165) is 18.6 Å². The van der Waals surface area contributed by atoms with Gasteiger partial charge in [0.05, 0.1) is 0 Å². The Kier molecular flexibility index (Phi) is 20.2. The molecule has 0 spiro atoms. The van der Waals surface area contributed by atoms with Crippen molar-refractivity contribution in [1.82, 2.24) is 4.90 Å². The molecule has 1 heterocycles. The molecule has 0 aromatic carbocycles. The standard InChI is InChI=1S/C28H50NO2S/c30-27-23-24-28(31)29(27)25-21-19-17-15-13-11-9-7-5-3-1-2-4-6-8-10-12-14-16-18-20-22-26-32/h23-24H,1-22,25-26H2. The molecule has 0 saturated heterocycles. The minimum atomic E-state index is -0.147. The fourth-order valence-corrected chi connectivity index (χ4v) is 4.76. The monoisotopic (exact) mass is 464 g/mol. The van der Waals surface area contributed by atoms with Crippen molar-refractivity contribution in [1.29, 1.82) is 0 Å². The molecule has 3 nitrogen and oxygen atoms in total. The Balaban J connectivity index is 1.67. The van der Waals surface area contributed by atoms with Gasteiger partial charge in [0.25, 0.3) is 11.8 Å². The molecule has 1 rings (SSSR count). The first kappa shape index (κ1) is 29.3. The van der Waals surface area contributed by atoms with E-state index < -0.39 is 0 Å². The Morgan fingerprint density at radius 2 is 0.688 bits per heavy atom. The lowest BCUT2D eigenvalue weighted by Crippen LogP contribution is -2.30. The Hall–Kier alpha value is -0.770. The predicted octanol–water partition coefficient (Wildman–Crippen LogP) is 8.69. The molecular formula is C28H50NO2S. The van der Waals surface area contributed by atoms with E-state index >= 15 is 0 Å². The maximum Gasteiger partial charge on any atom is 0.253 e. The molecule has 0 N–H and O–H groups in total. The fraction of sp³-hybridized carbons (Fsp3) is 0.857. The summed E-state index contributed by atoms with van der Waals surface area (Å²) in [6.07, 6.45) is 32.5. The number of unbranched alkanes of at least 4 members (excludes halogenated alkanes) is 21. The van der Waals surface area contributed by atoms with Gasteiger partial charge in [-0.15, -0.1) is 0 Å². The maximum atomic E-state index is 11.5. The third-order valence-electron chi connectivity index (χ3n) is 6.68. The van der Waals surface area contributed by atoms with E-state index in [2.05, 4.69) is 0 Å². The minimum Gasteiger partial charge on any atom is -0.275 e. The Labute approximate surface area is 204 Å². The van der Waals surface area contributed by atoms with Gasteiger partial charge in [-0.2, -0.15) is 0 Å². The topological polar surface area (TPSA) is 37.4 Å². The summed E-state index contributed by atoms with van der Waals surface area (Å²) in [6, 6.07) is 0. The second kappa shape index (κ2) is 22.0. The Morgan fingerprint density at radius 3 is 0.969 bits per heavy atom. The quantitative estimate of drug-likeness (QED) is 0.106. The molecule has 32 heavy (non-hydrogen) atoms. The van der Waals surface area contributed by atoms with Crippen LogP contribution >= 0.6 is 12.6 Å². The molecule has 2 amide bonds. The highest BCUT2D eigenvalue weighted by Crippen LogP contribution is 2.15. The van der Waals surface area contributed by atoms with E-state index in [1.54, 1.807) is 0 Å². The lowest BCUT2D eigenvalue weighted by atomic mass is 10.0. The summed E-state index contributed by atoms with van der Waals surface area (Å²) < 4.78 is 0. The maximum absolute atomic E-state index is 11.5. The predicted molar refractivity (Wildman–Crippen MR) is 140 cm³/mol. The molecular weight excluding hydrogens is 414 g/mol. The summed E-state index contributed by atoms with van der Waals surface area (Å²) in [5.41, 5.74) is 0. The van der Waals surface area contributed by atoms with Crippen LogP contribution in [0.25, 0.3) is 0 Å². The summed E-state index contributed by atoms with van der Waals surface area (Å²) in [5.74, 6) is 0.647. The molecule has 0 fully saturated rings. The van der Waals surface area contributed by atoms with Crippen molar-refractivity contribution < 1.29 is 9.59 Å². The fourth-order valence-electron chi connectivity index (χ4n) is 4.56. The van der Waals surface area contributed by atoms with Crippen molar-refractivity contribution in [3.8, 4) is 0 Å². The van der Waals surface area contributed by atoms with Gasteiger partial charge in [-0.05, 0) is 12.8 Å². The van der Waals surface area contributed by atoms with E-state index in [4.69, 9.17) is 12.6 Å². The summed E-state index contributed by atoms with van der Waals surface area (Å²) in [6.45, 7) is 0.584. The van der Waals surface area contributed by atoms with E-state index in [0.29, 0.717) is 6.54 Å². The van der Waals surface area contributed by atoms with E-state index in [1.165, 1.54) is 145 Å². The van der Waals surface area contributed by atoms with Gasteiger partial charge in [0.2, 0.25) is 0 Å². The summed E-state index contributed by atoms with van der Waals surface area (Å²) in [5, 5.41) is 0. The minimum absolute atomic E-state index is 0.147. The van der Waals surface area contributed by atoms with Gasteiger partial charge in [0.1, 0.15) is 0 Å². The number of hydrogen-bond donors (Lipinski definition) is 0. The van der Waals surface area contributed by atoms with E-state index in [-0.39, 0.29) is 11.8 Å². The van der Waals surface area contributed by atoms with Gasteiger partial charge in [-0.3, -0.25) is 14.5 Å². The smallest absolute Gasteiger partial charge is 0.253 e. The number of rotatable bonds is 24. The van der Waals surface area contributed by atoms with Gasteiger partial charge in [-0.25, -0.2) is 0 Å². The number of carbonyl (C=O) groups excluding carboxylic acids is 2. The van der Waals surface area contributed by atoms with Crippen LogP contribution < -0.4 is 0 Å². The first-order chi connectivity index (χ1) is 15.8. The van der Waals surface area contributed by atoms with Crippen molar-refractivity contribution >= 4 is 24.4 Å². The van der Waals surface area contributed by atoms with Crippen LogP contribution in [-0.4, -0.2) is 29.0 Å². The van der Waals surface area contributed by atoms with Gasteiger partial charge in [0.15, 0.2) is 0 Å². The molecule has 4 heteroatoms. The zero-order chi connectivity index (χ0) is 23.1. The molecule has 185 valence electrons. The second-order valence-corrected chi connectivity index (χ2v) is 10.1. The summed E-state index contributed by atoms with van der Waals surface area (Å²) in [7, 11) is 0. The highest BCUT2D eigenvalue weighted by molar-refractivity contribution is 7.80. The van der Waals surface area contributed by atoms with Crippen LogP contribution in [-0.2, 0) is 9.59 Å². The van der Waals surface area contributed by atoms with E-state index in [1.807, 2.05) is 0 Å². The molecule has 0 aliphatic carbocycles. The lowest BCUT2D eigenvalue weighted by Gasteiger charge is -2.12. The number of carbonyl (C=O) groups is 2. The first-order valence-corrected chi connectivity index (χ1v) is 14.4. The lowest BCUT2D eigenvalue weighted by molar-refractivity contribution is -0.136. The van der Waals surface area contributed by atoms with Gasteiger partial charge in [0, 0.05) is 24.4 Å². The largest absolute Gasteiger partial charge is 0.275 e. The molecule has 1 aliphatic heterocycles. The zero-order valence-corrected chi connectivity index (χ0v) is 21.6. The summed E-state index contributed by atoms with van der Waals surface area (Å²) in [4.78, 5) is 24.3. The van der Waals surface area contributed by atoms with Crippen molar-refractivity contribution in [2.75, 3.05) is 12.3 Å². The molecule has 0 aromatic rings. The molecule has 0 aromatic heterocycles. The zero-order valence-electron chi connectivity index (χ0n) is 20.8. The molecule has 1 radical (unpaired) electrons. The second-order valence-electron chi connectivity index (χ2n) is 9.64. The van der Waals surface area contributed by atoms with Crippen LogP contribution in [0.4, 0.5) is 0 Å². The highest BCUT2D eigenvalue weighted by Gasteiger charge is 2.21. The molecule has 0 atom stereocenters. The summed E-state index contributed by atoms with van der Waals surface area (Å²) >= 11 is 4.98. The molecule has 0 bridgehead atoms. The SMILES string of the molecule is O=C1C=CC(=O)N1CCCCCCCCCCCCCCCCCCCCCCCC[S]. The van der Waals surface area contributed by atoms with Gasteiger partial charge in [-0.1, -0.05) is 141 Å². The Bertz CT molecular complexity index is 474. The normalized spacial score (nSPS) is 13.6. The number of hydrogen-bond acceptors (Lipinski definition) is 2. The average molecular weight is 465 g/mol. The van der Waals surface area contributed by atoms with Crippen LogP contribution in [0.2, 0.25) is 0 Å².